The van der Waals surface area contributed by atoms with Crippen molar-refractivity contribution < 1.29 is 9.90 Å². The average molecular weight is 270 g/mol. The van der Waals surface area contributed by atoms with Gasteiger partial charge in [-0.15, -0.1) is 11.3 Å². The van der Waals surface area contributed by atoms with Crippen LogP contribution in [0, 0.1) is 18.3 Å². The number of aromatic nitrogens is 1. The predicted octanol–water partition coefficient (Wildman–Crippen LogP) is 3.11. The van der Waals surface area contributed by atoms with Gasteiger partial charge in [0, 0.05) is 21.6 Å². The summed E-state index contributed by atoms with van der Waals surface area (Å²) in [6.45, 7) is 1.91. The molecule has 94 valence electrons. The molecule has 0 aromatic carbocycles. The van der Waals surface area contributed by atoms with Crippen LogP contribution in [0.25, 0.3) is 16.5 Å². The van der Waals surface area contributed by atoms with Crippen LogP contribution >= 0.6 is 11.3 Å². The lowest BCUT2D eigenvalue weighted by atomic mass is 10.2. The summed E-state index contributed by atoms with van der Waals surface area (Å²) in [6, 6.07) is 9.23. The summed E-state index contributed by atoms with van der Waals surface area (Å²) in [6.07, 6.45) is 3.11. The Kier molecular flexibility index (Phi) is 3.74. The number of carbonyl (C=O) groups is 1. The van der Waals surface area contributed by atoms with Gasteiger partial charge in [-0.2, -0.15) is 5.26 Å². The summed E-state index contributed by atoms with van der Waals surface area (Å²) in [5.74, 6) is -1.21. The lowest BCUT2D eigenvalue weighted by Crippen LogP contribution is -1.96. The first-order valence-corrected chi connectivity index (χ1v) is 6.30. The Labute approximate surface area is 114 Å². The number of carboxylic acid groups (broad SMARTS) is 1. The van der Waals surface area contributed by atoms with Gasteiger partial charge in [0.2, 0.25) is 0 Å². The Balaban J connectivity index is 2.35. The summed E-state index contributed by atoms with van der Waals surface area (Å²) in [4.78, 5) is 16.6. The van der Waals surface area contributed by atoms with Crippen molar-refractivity contribution >= 4 is 23.4 Å². The topological polar surface area (TPSA) is 74.0 Å². The molecule has 0 aliphatic carbocycles. The van der Waals surface area contributed by atoms with Gasteiger partial charge in [0.05, 0.1) is 0 Å². The highest BCUT2D eigenvalue weighted by atomic mass is 32.1. The minimum Gasteiger partial charge on any atom is -0.477 e. The van der Waals surface area contributed by atoms with Crippen molar-refractivity contribution in [3.05, 3.63) is 46.6 Å². The van der Waals surface area contributed by atoms with E-state index in [4.69, 9.17) is 10.4 Å². The largest absolute Gasteiger partial charge is 0.477 e. The fourth-order valence-electron chi connectivity index (χ4n) is 1.57. The van der Waals surface area contributed by atoms with Crippen molar-refractivity contribution in [1.29, 1.82) is 5.26 Å². The number of hydrogen-bond acceptors (Lipinski definition) is 4. The third-order valence-corrected chi connectivity index (χ3v) is 3.53. The first-order chi connectivity index (χ1) is 9.10. The quantitative estimate of drug-likeness (QED) is 0.687. The monoisotopic (exact) mass is 270 g/mol. The van der Waals surface area contributed by atoms with Gasteiger partial charge in [-0.1, -0.05) is 0 Å². The van der Waals surface area contributed by atoms with Gasteiger partial charge in [0.15, 0.2) is 0 Å². The Bertz CT molecular complexity index is 695. The van der Waals surface area contributed by atoms with Gasteiger partial charge >= 0.3 is 5.97 Å². The summed E-state index contributed by atoms with van der Waals surface area (Å²) in [5, 5.41) is 17.5. The molecule has 0 radical (unpaired) electrons. The second kappa shape index (κ2) is 5.46. The van der Waals surface area contributed by atoms with E-state index in [1.807, 2.05) is 25.1 Å². The zero-order chi connectivity index (χ0) is 13.8. The first-order valence-electron chi connectivity index (χ1n) is 5.48. The zero-order valence-electron chi connectivity index (χ0n) is 10.1. The fraction of sp³-hybridized carbons (Fsp3) is 0.0714. The maximum Gasteiger partial charge on any atom is 0.346 e. The predicted molar refractivity (Wildman–Crippen MR) is 73.5 cm³/mol. The van der Waals surface area contributed by atoms with E-state index in [-0.39, 0.29) is 5.57 Å². The molecular formula is C14H10N2O2S. The van der Waals surface area contributed by atoms with E-state index in [1.165, 1.54) is 17.4 Å². The fourth-order valence-corrected chi connectivity index (χ4v) is 2.52. The number of nitrogens with zero attached hydrogens (tertiary/aromatic N) is 2. The highest BCUT2D eigenvalue weighted by molar-refractivity contribution is 7.16. The van der Waals surface area contributed by atoms with Crippen LogP contribution in [-0.2, 0) is 4.79 Å². The van der Waals surface area contributed by atoms with Crippen LogP contribution < -0.4 is 0 Å². The molecule has 0 amide bonds. The summed E-state index contributed by atoms with van der Waals surface area (Å²) in [7, 11) is 0. The van der Waals surface area contributed by atoms with E-state index in [0.717, 1.165) is 21.0 Å². The average Bonchev–Trinajstić information content (AvgIpc) is 2.84. The number of pyridine rings is 1. The van der Waals surface area contributed by atoms with Crippen LogP contribution in [0.5, 0.6) is 0 Å². The minimum absolute atomic E-state index is 0.265. The lowest BCUT2D eigenvalue weighted by molar-refractivity contribution is -0.132. The van der Waals surface area contributed by atoms with Crippen molar-refractivity contribution in [2.45, 2.75) is 6.92 Å². The molecule has 0 saturated carbocycles. The number of hydrogen-bond donors (Lipinski definition) is 1. The Morgan fingerprint density at radius 2 is 2.26 bits per heavy atom. The summed E-state index contributed by atoms with van der Waals surface area (Å²) >= 11 is 1.44. The lowest BCUT2D eigenvalue weighted by Gasteiger charge is -1.97. The van der Waals surface area contributed by atoms with Crippen LogP contribution in [0.4, 0.5) is 0 Å². The number of aryl methyl sites for hydroxylation is 1. The van der Waals surface area contributed by atoms with E-state index in [2.05, 4.69) is 4.98 Å². The maximum atomic E-state index is 10.8. The van der Waals surface area contributed by atoms with E-state index in [0.29, 0.717) is 0 Å². The van der Waals surface area contributed by atoms with E-state index in [1.54, 1.807) is 18.3 Å². The molecule has 0 atom stereocenters. The van der Waals surface area contributed by atoms with Gasteiger partial charge in [-0.05, 0) is 42.8 Å². The second-order valence-corrected chi connectivity index (χ2v) is 4.98. The molecule has 19 heavy (non-hydrogen) atoms. The molecule has 2 heterocycles. The van der Waals surface area contributed by atoms with Crippen molar-refractivity contribution in [2.75, 3.05) is 0 Å². The van der Waals surface area contributed by atoms with Crippen molar-refractivity contribution in [3.63, 3.8) is 0 Å². The molecule has 2 aromatic heterocycles. The molecule has 1 N–H and O–H groups in total. The molecular weight excluding hydrogens is 260 g/mol. The van der Waals surface area contributed by atoms with E-state index in [9.17, 15) is 4.79 Å². The van der Waals surface area contributed by atoms with Gasteiger partial charge in [-0.3, -0.25) is 4.98 Å². The highest BCUT2D eigenvalue weighted by Crippen LogP contribution is 2.29. The van der Waals surface area contributed by atoms with Gasteiger partial charge in [-0.25, -0.2) is 4.79 Å². The van der Waals surface area contributed by atoms with Crippen LogP contribution in [-0.4, -0.2) is 16.1 Å². The maximum absolute atomic E-state index is 10.8. The Morgan fingerprint density at radius 1 is 1.47 bits per heavy atom. The third-order valence-electron chi connectivity index (χ3n) is 2.45. The molecule has 5 heteroatoms. The summed E-state index contributed by atoms with van der Waals surface area (Å²) < 4.78 is 0. The van der Waals surface area contributed by atoms with Gasteiger partial charge in [0.1, 0.15) is 11.6 Å². The molecule has 4 nitrogen and oxygen atoms in total. The van der Waals surface area contributed by atoms with Crippen LogP contribution in [0.15, 0.2) is 36.0 Å². The third kappa shape index (κ3) is 3.06. The second-order valence-electron chi connectivity index (χ2n) is 3.86. The van der Waals surface area contributed by atoms with Crippen molar-refractivity contribution in [2.24, 2.45) is 0 Å². The van der Waals surface area contributed by atoms with Crippen LogP contribution in [0.1, 0.15) is 10.6 Å². The molecule has 2 aromatic rings. The molecule has 0 bridgehead atoms. The molecule has 0 aliphatic heterocycles. The highest BCUT2D eigenvalue weighted by Gasteiger charge is 2.08. The number of carboxylic acids is 1. The molecule has 0 aliphatic rings. The van der Waals surface area contributed by atoms with Crippen molar-refractivity contribution in [3.8, 4) is 16.5 Å². The molecule has 2 rings (SSSR count). The number of rotatable bonds is 3. The standard InChI is InChI=1S/C14H10N2O2S/c1-9-6-10(4-5-16-9)13-3-2-12(19-13)7-11(8-15)14(17)18/h2-7H,1H3,(H,17,18)/b11-7+. The molecule has 0 unspecified atom stereocenters. The van der Waals surface area contributed by atoms with Crippen LogP contribution in [0.2, 0.25) is 0 Å². The zero-order valence-corrected chi connectivity index (χ0v) is 10.9. The number of nitriles is 1. The van der Waals surface area contributed by atoms with E-state index < -0.39 is 5.97 Å². The first kappa shape index (κ1) is 13.0. The van der Waals surface area contributed by atoms with Gasteiger partial charge < -0.3 is 5.11 Å². The Hall–Kier alpha value is -2.45. The van der Waals surface area contributed by atoms with Gasteiger partial charge in [0.25, 0.3) is 0 Å². The molecule has 0 fully saturated rings. The normalized spacial score (nSPS) is 11.1. The smallest absolute Gasteiger partial charge is 0.346 e. The minimum atomic E-state index is -1.21. The van der Waals surface area contributed by atoms with Crippen molar-refractivity contribution in [1.82, 2.24) is 4.98 Å². The van der Waals surface area contributed by atoms with E-state index >= 15 is 0 Å². The Morgan fingerprint density at radius 3 is 2.89 bits per heavy atom. The summed E-state index contributed by atoms with van der Waals surface area (Å²) in [5.41, 5.74) is 1.69. The molecule has 0 saturated heterocycles. The van der Waals surface area contributed by atoms with Crippen LogP contribution in [0.3, 0.4) is 0 Å². The SMILES string of the molecule is Cc1cc(-c2ccc(/C=C(\C#N)C(=O)O)s2)ccn1. The number of thiophene rings is 1. The molecule has 0 spiro atoms. The number of aliphatic carboxylic acids is 1.